The number of imidazole rings is 4. The van der Waals surface area contributed by atoms with Crippen LogP contribution in [0.4, 0.5) is 0 Å². The van der Waals surface area contributed by atoms with Gasteiger partial charge in [0, 0.05) is 54.2 Å². The van der Waals surface area contributed by atoms with E-state index in [2.05, 4.69) is 29.7 Å². The first-order valence-electron chi connectivity index (χ1n) is 16.4. The molecule has 4 aromatic heterocycles. The van der Waals surface area contributed by atoms with Crippen molar-refractivity contribution in [2.75, 3.05) is 13.1 Å². The summed E-state index contributed by atoms with van der Waals surface area (Å²) in [6, 6.07) is 32.1. The van der Waals surface area contributed by atoms with E-state index in [4.69, 9.17) is 29.8 Å². The Hall–Kier alpha value is -4.85. The van der Waals surface area contributed by atoms with Crippen molar-refractivity contribution in [3.05, 3.63) is 120 Å². The molecular formula is C37H38Mn2N10O3. The molecule has 8 rings (SSSR count). The number of hydrogen-bond donors (Lipinski definition) is 6. The standard InChI is InChI=1S/C35H34N10O.C2H4O2.2Mn/c46-23(17-44(19-32-36-24-9-1-2-10-25(24)37-32)20-33-38-26-11-3-4-12-27(26)39-33)18-45(21-34-40-28-13-5-6-14-29(28)41-34)22-35-42-30-15-7-8-16-31(30)43-35;1-2(3)4;;/h1-16,23,46H,17-22H2,(H,36,37)(H,38,39)(H,40,41)(H,42,43);1H3,(H,3,4);;. The molecule has 0 bridgehead atoms. The number of hydrogen-bond acceptors (Lipinski definition) is 8. The molecule has 0 spiro atoms. The van der Waals surface area contributed by atoms with Gasteiger partial charge in [0.15, 0.2) is 0 Å². The van der Waals surface area contributed by atoms with Gasteiger partial charge < -0.3 is 30.1 Å². The summed E-state index contributed by atoms with van der Waals surface area (Å²) in [6.45, 7) is 3.99. The molecule has 0 aliphatic carbocycles. The van der Waals surface area contributed by atoms with Crippen LogP contribution in [0, 0.1) is 0 Å². The SMILES string of the molecule is CC(=O)O.OC(CN(Cc1nc2ccccc2[nH]1)Cc1nc2ccccc2[nH]1)CN(Cc1nc2ccccc2[nH]1)Cc1nc2ccccc2[nH]1.[Mn].[Mn]. The number of nitrogens with zero attached hydrogens (tertiary/aromatic N) is 6. The van der Waals surface area contributed by atoms with E-state index in [0.717, 1.165) is 74.4 Å². The smallest absolute Gasteiger partial charge is 0.300 e. The molecule has 0 atom stereocenters. The fraction of sp³-hybridized carbons (Fsp3) is 0.216. The van der Waals surface area contributed by atoms with E-state index >= 15 is 0 Å². The molecule has 52 heavy (non-hydrogen) atoms. The Morgan fingerprint density at radius 1 is 0.538 bits per heavy atom. The molecule has 0 amide bonds. The van der Waals surface area contributed by atoms with Crippen LogP contribution in [0.2, 0.25) is 0 Å². The largest absolute Gasteiger partial charge is 0.481 e. The summed E-state index contributed by atoms with van der Waals surface area (Å²) < 4.78 is 0. The van der Waals surface area contributed by atoms with E-state index in [-0.39, 0.29) is 34.1 Å². The molecule has 15 heteroatoms. The monoisotopic (exact) mass is 780 g/mol. The normalized spacial score (nSPS) is 11.3. The minimum Gasteiger partial charge on any atom is -0.481 e. The number of H-pyrrole nitrogens is 4. The minimum absolute atomic E-state index is 0. The maximum absolute atomic E-state index is 11.7. The molecular weight excluding hydrogens is 742 g/mol. The summed E-state index contributed by atoms with van der Waals surface area (Å²) in [5, 5.41) is 19.1. The summed E-state index contributed by atoms with van der Waals surface area (Å²) in [5.41, 5.74) is 7.65. The quantitative estimate of drug-likeness (QED) is 0.0893. The predicted octanol–water partition coefficient (Wildman–Crippen LogP) is 5.34. The van der Waals surface area contributed by atoms with Gasteiger partial charge in [-0.1, -0.05) is 48.5 Å². The molecule has 4 aromatic carbocycles. The third-order valence-electron chi connectivity index (χ3n) is 8.19. The van der Waals surface area contributed by atoms with E-state index in [1.54, 1.807) is 0 Å². The molecule has 0 unspecified atom stereocenters. The second-order valence-electron chi connectivity index (χ2n) is 12.3. The Bertz CT molecular complexity index is 1920. The van der Waals surface area contributed by atoms with E-state index in [1.807, 2.05) is 97.1 Å². The number of nitrogens with one attached hydrogen (secondary N) is 4. The number of aliphatic hydroxyl groups is 1. The Morgan fingerprint density at radius 2 is 0.769 bits per heavy atom. The van der Waals surface area contributed by atoms with Crippen molar-refractivity contribution in [1.82, 2.24) is 49.7 Å². The molecule has 13 nitrogen and oxygen atoms in total. The van der Waals surface area contributed by atoms with Gasteiger partial charge in [-0.05, 0) is 48.5 Å². The number of carboxylic acid groups (broad SMARTS) is 1. The van der Waals surface area contributed by atoms with Crippen molar-refractivity contribution in [2.45, 2.75) is 39.2 Å². The molecule has 8 aromatic rings. The van der Waals surface area contributed by atoms with Gasteiger partial charge in [0.1, 0.15) is 23.3 Å². The molecule has 268 valence electrons. The van der Waals surface area contributed by atoms with Gasteiger partial charge in [-0.25, -0.2) is 19.9 Å². The molecule has 0 aliphatic heterocycles. The number of aliphatic carboxylic acids is 1. The van der Waals surface area contributed by atoms with Gasteiger partial charge in [-0.15, -0.1) is 0 Å². The first-order chi connectivity index (χ1) is 24.3. The zero-order valence-electron chi connectivity index (χ0n) is 28.3. The Kier molecular flexibility index (Phi) is 13.0. The average molecular weight is 781 g/mol. The Morgan fingerprint density at radius 3 is 1.00 bits per heavy atom. The topological polar surface area (TPSA) is 179 Å². The first kappa shape index (κ1) is 38.4. The molecule has 0 aliphatic rings. The number of aromatic amines is 4. The van der Waals surface area contributed by atoms with Crippen molar-refractivity contribution in [3.8, 4) is 0 Å². The number of fused-ring (bicyclic) bond motifs is 4. The third kappa shape index (κ3) is 9.72. The van der Waals surface area contributed by atoms with E-state index in [9.17, 15) is 5.11 Å². The van der Waals surface area contributed by atoms with Gasteiger partial charge >= 0.3 is 0 Å². The van der Waals surface area contributed by atoms with E-state index in [0.29, 0.717) is 39.3 Å². The van der Waals surface area contributed by atoms with Crippen LogP contribution in [0.1, 0.15) is 30.2 Å². The van der Waals surface area contributed by atoms with Crippen LogP contribution >= 0.6 is 0 Å². The maximum atomic E-state index is 11.7. The second-order valence-corrected chi connectivity index (χ2v) is 12.3. The zero-order valence-corrected chi connectivity index (χ0v) is 30.7. The van der Waals surface area contributed by atoms with Crippen molar-refractivity contribution in [2.24, 2.45) is 0 Å². The number of aliphatic hydroxyl groups excluding tert-OH is 1. The molecule has 4 heterocycles. The number of aromatic nitrogens is 8. The molecule has 0 saturated carbocycles. The summed E-state index contributed by atoms with van der Waals surface area (Å²) >= 11 is 0. The zero-order chi connectivity index (χ0) is 34.5. The molecule has 2 radical (unpaired) electrons. The fourth-order valence-corrected chi connectivity index (χ4v) is 6.19. The summed E-state index contributed by atoms with van der Waals surface area (Å²) in [5.74, 6) is 2.52. The number of carboxylic acids is 1. The third-order valence-corrected chi connectivity index (χ3v) is 8.19. The first-order valence-corrected chi connectivity index (χ1v) is 16.4. The molecule has 0 fully saturated rings. The predicted molar refractivity (Wildman–Crippen MR) is 192 cm³/mol. The van der Waals surface area contributed by atoms with Crippen molar-refractivity contribution >= 4 is 50.1 Å². The number of rotatable bonds is 12. The second kappa shape index (κ2) is 17.6. The van der Waals surface area contributed by atoms with Gasteiger partial charge in [-0.2, -0.15) is 0 Å². The van der Waals surface area contributed by atoms with Gasteiger partial charge in [-0.3, -0.25) is 14.6 Å². The van der Waals surface area contributed by atoms with Gasteiger partial charge in [0.05, 0.1) is 76.4 Å². The van der Waals surface area contributed by atoms with Crippen LogP contribution in [0.15, 0.2) is 97.1 Å². The van der Waals surface area contributed by atoms with Crippen LogP contribution in [-0.4, -0.2) is 85.0 Å². The summed E-state index contributed by atoms with van der Waals surface area (Å²) in [4.78, 5) is 46.4. The van der Waals surface area contributed by atoms with Crippen molar-refractivity contribution in [1.29, 1.82) is 0 Å². The number of carbonyl (C=O) groups is 1. The van der Waals surface area contributed by atoms with Crippen LogP contribution in [0.3, 0.4) is 0 Å². The van der Waals surface area contributed by atoms with Crippen LogP contribution < -0.4 is 0 Å². The van der Waals surface area contributed by atoms with Gasteiger partial charge in [0.25, 0.3) is 5.97 Å². The number of para-hydroxylation sites is 8. The summed E-state index contributed by atoms with van der Waals surface area (Å²) in [7, 11) is 0. The minimum atomic E-state index is -0.833. The van der Waals surface area contributed by atoms with Crippen LogP contribution in [-0.2, 0) is 65.1 Å². The Balaban J connectivity index is 0.000000830. The van der Waals surface area contributed by atoms with Crippen molar-refractivity contribution < 1.29 is 49.1 Å². The molecule has 6 N–H and O–H groups in total. The van der Waals surface area contributed by atoms with Crippen LogP contribution in [0.5, 0.6) is 0 Å². The fourth-order valence-electron chi connectivity index (χ4n) is 6.19. The van der Waals surface area contributed by atoms with E-state index < -0.39 is 12.1 Å². The van der Waals surface area contributed by atoms with Crippen molar-refractivity contribution in [3.63, 3.8) is 0 Å². The number of benzene rings is 4. The van der Waals surface area contributed by atoms with Gasteiger partial charge in [0.2, 0.25) is 0 Å². The average Bonchev–Trinajstić information content (AvgIpc) is 3.87. The Labute approximate surface area is 320 Å². The van der Waals surface area contributed by atoms with Crippen LogP contribution in [0.25, 0.3) is 44.1 Å². The molecule has 0 saturated heterocycles. The van der Waals surface area contributed by atoms with E-state index in [1.165, 1.54) is 0 Å². The summed E-state index contributed by atoms with van der Waals surface area (Å²) in [6.07, 6.45) is -0.678. The maximum Gasteiger partial charge on any atom is 0.300 e.